The van der Waals surface area contributed by atoms with Gasteiger partial charge >= 0.3 is 0 Å². The number of carbonyl (C=O) groups is 1. The number of aryl methyl sites for hydroxylation is 1. The van der Waals surface area contributed by atoms with Gasteiger partial charge in [-0.05, 0) is 51.5 Å². The van der Waals surface area contributed by atoms with Gasteiger partial charge in [-0.1, -0.05) is 5.16 Å². The highest BCUT2D eigenvalue weighted by atomic mass is 16.5. The van der Waals surface area contributed by atoms with Crippen molar-refractivity contribution < 1.29 is 9.32 Å². The number of hydrogen-bond donors (Lipinski definition) is 1. The lowest BCUT2D eigenvalue weighted by Crippen LogP contribution is -2.33. The van der Waals surface area contributed by atoms with Gasteiger partial charge in [0.05, 0.1) is 11.4 Å². The molecule has 24 heavy (non-hydrogen) atoms. The zero-order valence-electron chi connectivity index (χ0n) is 13.6. The summed E-state index contributed by atoms with van der Waals surface area (Å²) in [6, 6.07) is 2.54. The fourth-order valence-electron chi connectivity index (χ4n) is 3.13. The molecule has 0 saturated heterocycles. The molecule has 126 valence electrons. The van der Waals surface area contributed by atoms with E-state index in [1.54, 1.807) is 13.0 Å². The molecule has 2 aromatic heterocycles. The van der Waals surface area contributed by atoms with E-state index >= 15 is 0 Å². The van der Waals surface area contributed by atoms with Crippen LogP contribution in [0, 0.1) is 0 Å². The molecule has 2 heterocycles. The van der Waals surface area contributed by atoms with Crippen LogP contribution in [-0.4, -0.2) is 20.8 Å². The van der Waals surface area contributed by atoms with Gasteiger partial charge in [0, 0.05) is 17.5 Å². The van der Waals surface area contributed by atoms with Crippen LogP contribution in [0.2, 0.25) is 0 Å². The van der Waals surface area contributed by atoms with Crippen LogP contribution in [0.5, 0.6) is 0 Å². The molecule has 0 bridgehead atoms. The molecule has 2 aliphatic rings. The molecule has 1 fully saturated rings. The van der Waals surface area contributed by atoms with E-state index in [9.17, 15) is 9.59 Å². The smallest absolute Gasteiger partial charge is 0.267 e. The first-order valence-corrected chi connectivity index (χ1v) is 8.51. The molecule has 7 heteroatoms. The Morgan fingerprint density at radius 2 is 2.12 bits per heavy atom. The average Bonchev–Trinajstić information content (AvgIpc) is 3.37. The number of anilines is 1. The third-order valence-corrected chi connectivity index (χ3v) is 4.78. The maximum absolute atomic E-state index is 12.5. The van der Waals surface area contributed by atoms with Crippen LogP contribution in [0.25, 0.3) is 0 Å². The second-order valence-electron chi connectivity index (χ2n) is 6.62. The standard InChI is InChI=1S/C17H20N4O3/c1-10(21-15(22)9-8-13(19-21)11-6-7-11)16(23)18-17-12-4-2-3-5-14(12)20-24-17/h8-11H,2-7H2,1H3,(H,18,23). The lowest BCUT2D eigenvalue weighted by atomic mass is 9.98. The number of nitrogens with one attached hydrogen (secondary N) is 1. The Morgan fingerprint density at radius 1 is 1.33 bits per heavy atom. The Labute approximate surface area is 139 Å². The Kier molecular flexibility index (Phi) is 3.70. The lowest BCUT2D eigenvalue weighted by Gasteiger charge is -2.15. The Bertz CT molecular complexity index is 835. The van der Waals surface area contributed by atoms with Gasteiger partial charge < -0.3 is 4.52 Å². The molecule has 0 spiro atoms. The SMILES string of the molecule is CC(C(=O)Nc1onc2c1CCCC2)n1nc(C2CC2)ccc1=O. The monoisotopic (exact) mass is 328 g/mol. The van der Waals surface area contributed by atoms with Crippen molar-refractivity contribution in [3.05, 3.63) is 39.4 Å². The first-order chi connectivity index (χ1) is 11.6. The van der Waals surface area contributed by atoms with Crippen molar-refractivity contribution in [3.63, 3.8) is 0 Å². The summed E-state index contributed by atoms with van der Waals surface area (Å²) in [6.45, 7) is 1.67. The summed E-state index contributed by atoms with van der Waals surface area (Å²) in [5.41, 5.74) is 2.51. The van der Waals surface area contributed by atoms with E-state index in [1.807, 2.05) is 0 Å². The molecule has 1 amide bonds. The van der Waals surface area contributed by atoms with Gasteiger partial charge in [0.2, 0.25) is 5.88 Å². The molecule has 1 atom stereocenters. The third-order valence-electron chi connectivity index (χ3n) is 4.78. The molecule has 7 nitrogen and oxygen atoms in total. The number of rotatable bonds is 4. The lowest BCUT2D eigenvalue weighted by molar-refractivity contribution is -0.119. The molecule has 4 rings (SSSR count). The minimum Gasteiger partial charge on any atom is -0.338 e. The van der Waals surface area contributed by atoms with Crippen molar-refractivity contribution in [3.8, 4) is 0 Å². The van der Waals surface area contributed by atoms with Gasteiger partial charge in [0.25, 0.3) is 11.5 Å². The Morgan fingerprint density at radius 3 is 2.92 bits per heavy atom. The fraction of sp³-hybridized carbons (Fsp3) is 0.529. The maximum Gasteiger partial charge on any atom is 0.267 e. The highest BCUT2D eigenvalue weighted by Gasteiger charge is 2.28. The summed E-state index contributed by atoms with van der Waals surface area (Å²) in [5, 5.41) is 11.2. The van der Waals surface area contributed by atoms with E-state index in [2.05, 4.69) is 15.6 Å². The van der Waals surface area contributed by atoms with Crippen molar-refractivity contribution >= 4 is 11.8 Å². The van der Waals surface area contributed by atoms with Crippen LogP contribution in [-0.2, 0) is 17.6 Å². The van der Waals surface area contributed by atoms with Crippen LogP contribution in [0.4, 0.5) is 5.88 Å². The molecular formula is C17H20N4O3. The van der Waals surface area contributed by atoms with Crippen molar-refractivity contribution in [2.75, 3.05) is 5.32 Å². The molecule has 1 N–H and O–H groups in total. The zero-order valence-corrected chi connectivity index (χ0v) is 13.6. The summed E-state index contributed by atoms with van der Waals surface area (Å²) >= 11 is 0. The minimum atomic E-state index is -0.708. The number of nitrogens with zero attached hydrogens (tertiary/aromatic N) is 3. The minimum absolute atomic E-state index is 0.276. The largest absolute Gasteiger partial charge is 0.338 e. The molecule has 2 aromatic rings. The Hall–Kier alpha value is -2.44. The third kappa shape index (κ3) is 2.74. The fourth-order valence-corrected chi connectivity index (χ4v) is 3.13. The van der Waals surface area contributed by atoms with E-state index in [0.717, 1.165) is 55.5 Å². The normalized spacial score (nSPS) is 18.0. The predicted octanol–water partition coefficient (Wildman–Crippen LogP) is 2.19. The van der Waals surface area contributed by atoms with E-state index in [-0.39, 0.29) is 11.5 Å². The predicted molar refractivity (Wildman–Crippen MR) is 87.0 cm³/mol. The van der Waals surface area contributed by atoms with E-state index < -0.39 is 6.04 Å². The quantitative estimate of drug-likeness (QED) is 0.929. The Balaban J connectivity index is 1.55. The van der Waals surface area contributed by atoms with E-state index in [1.165, 1.54) is 10.7 Å². The van der Waals surface area contributed by atoms with Crippen molar-refractivity contribution in [2.24, 2.45) is 0 Å². The van der Waals surface area contributed by atoms with Crippen LogP contribution < -0.4 is 10.9 Å². The number of hydrogen-bond acceptors (Lipinski definition) is 5. The summed E-state index contributed by atoms with van der Waals surface area (Å²) < 4.78 is 6.54. The van der Waals surface area contributed by atoms with Gasteiger partial charge in [0.1, 0.15) is 6.04 Å². The molecule has 0 aromatic carbocycles. The van der Waals surface area contributed by atoms with Crippen molar-refractivity contribution in [2.45, 2.75) is 57.4 Å². The summed E-state index contributed by atoms with van der Waals surface area (Å²) in [6.07, 6.45) is 6.09. The molecule has 1 unspecified atom stereocenters. The summed E-state index contributed by atoms with van der Waals surface area (Å²) in [4.78, 5) is 24.6. The number of aromatic nitrogens is 3. The van der Waals surface area contributed by atoms with Crippen LogP contribution in [0.3, 0.4) is 0 Å². The first-order valence-electron chi connectivity index (χ1n) is 8.51. The van der Waals surface area contributed by atoms with Crippen molar-refractivity contribution in [1.82, 2.24) is 14.9 Å². The summed E-state index contributed by atoms with van der Waals surface area (Å²) in [5.74, 6) is 0.517. The van der Waals surface area contributed by atoms with Crippen LogP contribution in [0.1, 0.15) is 61.5 Å². The highest BCUT2D eigenvalue weighted by Crippen LogP contribution is 2.38. The van der Waals surface area contributed by atoms with Gasteiger partial charge in [-0.2, -0.15) is 5.10 Å². The average molecular weight is 328 g/mol. The van der Waals surface area contributed by atoms with Gasteiger partial charge in [-0.25, -0.2) is 4.68 Å². The number of amides is 1. The van der Waals surface area contributed by atoms with Crippen molar-refractivity contribution in [1.29, 1.82) is 0 Å². The van der Waals surface area contributed by atoms with Gasteiger partial charge in [-0.3, -0.25) is 14.9 Å². The second-order valence-corrected chi connectivity index (χ2v) is 6.62. The van der Waals surface area contributed by atoms with Crippen LogP contribution in [0.15, 0.2) is 21.5 Å². The molecule has 2 aliphatic carbocycles. The highest BCUT2D eigenvalue weighted by molar-refractivity contribution is 5.92. The topological polar surface area (TPSA) is 90.0 Å². The van der Waals surface area contributed by atoms with Gasteiger partial charge in [-0.15, -0.1) is 0 Å². The molecule has 0 radical (unpaired) electrons. The molecular weight excluding hydrogens is 308 g/mol. The first kappa shape index (κ1) is 15.1. The number of fused-ring (bicyclic) bond motifs is 1. The van der Waals surface area contributed by atoms with E-state index in [0.29, 0.717) is 11.8 Å². The number of carbonyl (C=O) groups excluding carboxylic acids is 1. The second kappa shape index (κ2) is 5.89. The van der Waals surface area contributed by atoms with E-state index in [4.69, 9.17) is 4.52 Å². The molecule has 1 saturated carbocycles. The van der Waals surface area contributed by atoms with Gasteiger partial charge in [0.15, 0.2) is 0 Å². The van der Waals surface area contributed by atoms with Crippen LogP contribution >= 0.6 is 0 Å². The zero-order chi connectivity index (χ0) is 16.7. The maximum atomic E-state index is 12.5. The molecule has 0 aliphatic heterocycles. The summed E-state index contributed by atoms with van der Waals surface area (Å²) in [7, 11) is 0.